The summed E-state index contributed by atoms with van der Waals surface area (Å²) in [6, 6.07) is 0.0794. The van der Waals surface area contributed by atoms with E-state index in [4.69, 9.17) is 10.8 Å². The van der Waals surface area contributed by atoms with Crippen LogP contribution in [0, 0.1) is 5.92 Å². The summed E-state index contributed by atoms with van der Waals surface area (Å²) in [6.07, 6.45) is 2.22. The van der Waals surface area contributed by atoms with Gasteiger partial charge in [0.15, 0.2) is 0 Å². The number of hydrogen-bond donors (Lipinski definition) is 2. The molecule has 3 N–H and O–H groups in total. The Hall–Kier alpha value is -0.610. The molecule has 4 nitrogen and oxygen atoms in total. The zero-order valence-electron chi connectivity index (χ0n) is 8.78. The van der Waals surface area contributed by atoms with E-state index in [9.17, 15) is 4.79 Å². The van der Waals surface area contributed by atoms with E-state index in [0.29, 0.717) is 18.9 Å². The lowest BCUT2D eigenvalue weighted by Gasteiger charge is -2.36. The molecule has 0 aromatic heterocycles. The SMILES string of the molecule is CCC(=O)N1CC(N)CC(CCO)C1. The Bertz CT molecular complexity index is 197. The van der Waals surface area contributed by atoms with Crippen molar-refractivity contribution in [2.45, 2.75) is 32.2 Å². The van der Waals surface area contributed by atoms with Crippen molar-refractivity contribution in [3.63, 3.8) is 0 Å². The van der Waals surface area contributed by atoms with Gasteiger partial charge in [0.05, 0.1) is 0 Å². The minimum absolute atomic E-state index is 0.0794. The van der Waals surface area contributed by atoms with E-state index in [0.717, 1.165) is 19.4 Å². The minimum Gasteiger partial charge on any atom is -0.396 e. The first kappa shape index (κ1) is 11.5. The third-order valence-electron chi connectivity index (χ3n) is 2.76. The van der Waals surface area contributed by atoms with Crippen molar-refractivity contribution in [2.24, 2.45) is 11.7 Å². The molecule has 0 aromatic rings. The van der Waals surface area contributed by atoms with Gasteiger partial charge in [-0.15, -0.1) is 0 Å². The molecule has 1 heterocycles. The average Bonchev–Trinajstić information content (AvgIpc) is 2.16. The lowest BCUT2D eigenvalue weighted by molar-refractivity contribution is -0.133. The molecule has 4 heteroatoms. The molecule has 0 aromatic carbocycles. The molecule has 1 amide bonds. The van der Waals surface area contributed by atoms with Gasteiger partial charge in [-0.1, -0.05) is 6.92 Å². The molecule has 1 saturated heterocycles. The van der Waals surface area contributed by atoms with Crippen LogP contribution in [-0.2, 0) is 4.79 Å². The summed E-state index contributed by atoms with van der Waals surface area (Å²) in [7, 11) is 0. The fourth-order valence-corrected chi connectivity index (χ4v) is 2.07. The Morgan fingerprint density at radius 2 is 2.29 bits per heavy atom. The molecular formula is C10H20N2O2. The predicted molar refractivity (Wildman–Crippen MR) is 54.7 cm³/mol. The van der Waals surface area contributed by atoms with E-state index in [1.165, 1.54) is 0 Å². The van der Waals surface area contributed by atoms with Crippen LogP contribution in [0.3, 0.4) is 0 Å². The number of nitrogens with zero attached hydrogens (tertiary/aromatic N) is 1. The smallest absolute Gasteiger partial charge is 0.222 e. The molecule has 0 bridgehead atoms. The maximum atomic E-state index is 11.5. The molecule has 0 aliphatic carbocycles. The second-order valence-electron chi connectivity index (χ2n) is 4.03. The van der Waals surface area contributed by atoms with Gasteiger partial charge in [-0.2, -0.15) is 0 Å². The molecule has 1 aliphatic rings. The van der Waals surface area contributed by atoms with Crippen molar-refractivity contribution in [2.75, 3.05) is 19.7 Å². The second kappa shape index (κ2) is 5.32. The lowest BCUT2D eigenvalue weighted by Crippen LogP contribution is -2.49. The van der Waals surface area contributed by atoms with Crippen LogP contribution in [0.15, 0.2) is 0 Å². The first-order chi connectivity index (χ1) is 6.67. The van der Waals surface area contributed by atoms with E-state index in [1.807, 2.05) is 11.8 Å². The fraction of sp³-hybridized carbons (Fsp3) is 0.900. The number of carbonyl (C=O) groups excluding carboxylic acids is 1. The number of aliphatic hydroxyl groups is 1. The highest BCUT2D eigenvalue weighted by Gasteiger charge is 2.26. The highest BCUT2D eigenvalue weighted by Crippen LogP contribution is 2.19. The molecule has 1 rings (SSSR count). The Morgan fingerprint density at radius 1 is 1.57 bits per heavy atom. The zero-order chi connectivity index (χ0) is 10.6. The van der Waals surface area contributed by atoms with E-state index in [1.54, 1.807) is 0 Å². The van der Waals surface area contributed by atoms with E-state index in [-0.39, 0.29) is 18.6 Å². The number of piperidine rings is 1. The van der Waals surface area contributed by atoms with Crippen molar-refractivity contribution in [3.05, 3.63) is 0 Å². The number of aliphatic hydroxyl groups excluding tert-OH is 1. The number of hydrogen-bond acceptors (Lipinski definition) is 3. The highest BCUT2D eigenvalue weighted by atomic mass is 16.3. The minimum atomic E-state index is 0.0794. The van der Waals surface area contributed by atoms with Gasteiger partial charge >= 0.3 is 0 Å². The summed E-state index contributed by atoms with van der Waals surface area (Å²) < 4.78 is 0. The fourth-order valence-electron chi connectivity index (χ4n) is 2.07. The van der Waals surface area contributed by atoms with Crippen LogP contribution in [0.1, 0.15) is 26.2 Å². The summed E-state index contributed by atoms with van der Waals surface area (Å²) in [6.45, 7) is 3.49. The third-order valence-corrected chi connectivity index (χ3v) is 2.76. The average molecular weight is 200 g/mol. The summed E-state index contributed by atoms with van der Waals surface area (Å²) in [4.78, 5) is 13.3. The van der Waals surface area contributed by atoms with Gasteiger partial charge in [-0.3, -0.25) is 4.79 Å². The van der Waals surface area contributed by atoms with Gasteiger partial charge in [-0.05, 0) is 18.8 Å². The summed E-state index contributed by atoms with van der Waals surface area (Å²) in [5, 5.41) is 8.84. The molecule has 0 saturated carbocycles. The van der Waals surface area contributed by atoms with Crippen molar-refractivity contribution < 1.29 is 9.90 Å². The molecule has 0 radical (unpaired) electrons. The normalized spacial score (nSPS) is 27.8. The van der Waals surface area contributed by atoms with Crippen molar-refractivity contribution in [1.29, 1.82) is 0 Å². The summed E-state index contributed by atoms with van der Waals surface area (Å²) in [5.41, 5.74) is 5.86. The molecule has 0 spiro atoms. The second-order valence-corrected chi connectivity index (χ2v) is 4.03. The van der Waals surface area contributed by atoms with Crippen LogP contribution in [0.5, 0.6) is 0 Å². The van der Waals surface area contributed by atoms with Crippen LogP contribution in [0.4, 0.5) is 0 Å². The van der Waals surface area contributed by atoms with Crippen LogP contribution in [0.2, 0.25) is 0 Å². The Morgan fingerprint density at radius 3 is 2.86 bits per heavy atom. The van der Waals surface area contributed by atoms with Gasteiger partial charge in [0.1, 0.15) is 0 Å². The molecule has 1 aliphatic heterocycles. The number of likely N-dealkylation sites (tertiary alicyclic amines) is 1. The first-order valence-electron chi connectivity index (χ1n) is 5.31. The van der Waals surface area contributed by atoms with E-state index in [2.05, 4.69) is 0 Å². The van der Waals surface area contributed by atoms with Gasteiger partial charge in [0.25, 0.3) is 0 Å². The van der Waals surface area contributed by atoms with Crippen LogP contribution >= 0.6 is 0 Å². The number of amides is 1. The lowest BCUT2D eigenvalue weighted by atomic mass is 9.92. The summed E-state index contributed by atoms with van der Waals surface area (Å²) >= 11 is 0. The van der Waals surface area contributed by atoms with Gasteiger partial charge in [-0.25, -0.2) is 0 Å². The molecule has 2 atom stereocenters. The van der Waals surface area contributed by atoms with Crippen molar-refractivity contribution in [1.82, 2.24) is 4.90 Å². The molecule has 2 unspecified atom stereocenters. The number of carbonyl (C=O) groups is 1. The Labute approximate surface area is 85.1 Å². The van der Waals surface area contributed by atoms with Gasteiger partial charge in [0.2, 0.25) is 5.91 Å². The van der Waals surface area contributed by atoms with Crippen LogP contribution < -0.4 is 5.73 Å². The zero-order valence-corrected chi connectivity index (χ0v) is 8.78. The Balaban J connectivity index is 2.49. The quantitative estimate of drug-likeness (QED) is 0.671. The van der Waals surface area contributed by atoms with Crippen molar-refractivity contribution in [3.8, 4) is 0 Å². The maximum absolute atomic E-state index is 11.5. The van der Waals surface area contributed by atoms with E-state index >= 15 is 0 Å². The number of nitrogens with two attached hydrogens (primary N) is 1. The largest absolute Gasteiger partial charge is 0.396 e. The van der Waals surface area contributed by atoms with E-state index < -0.39 is 0 Å². The molecule has 14 heavy (non-hydrogen) atoms. The first-order valence-corrected chi connectivity index (χ1v) is 5.31. The summed E-state index contributed by atoms with van der Waals surface area (Å²) in [5.74, 6) is 0.544. The van der Waals surface area contributed by atoms with Gasteiger partial charge in [0, 0.05) is 32.2 Å². The Kier molecular flexibility index (Phi) is 4.35. The third kappa shape index (κ3) is 2.96. The maximum Gasteiger partial charge on any atom is 0.222 e. The van der Waals surface area contributed by atoms with Crippen LogP contribution in [0.25, 0.3) is 0 Å². The van der Waals surface area contributed by atoms with Crippen LogP contribution in [-0.4, -0.2) is 41.7 Å². The molecular weight excluding hydrogens is 180 g/mol. The number of rotatable bonds is 3. The highest BCUT2D eigenvalue weighted by molar-refractivity contribution is 5.75. The standard InChI is InChI=1S/C10H20N2O2/c1-2-10(14)12-6-8(3-4-13)5-9(11)7-12/h8-9,13H,2-7,11H2,1H3. The van der Waals surface area contributed by atoms with Gasteiger partial charge < -0.3 is 15.7 Å². The van der Waals surface area contributed by atoms with Crippen molar-refractivity contribution >= 4 is 5.91 Å². The predicted octanol–water partition coefficient (Wildman–Crippen LogP) is -0.0454. The molecule has 1 fully saturated rings. The molecule has 82 valence electrons. The monoisotopic (exact) mass is 200 g/mol. The topological polar surface area (TPSA) is 66.6 Å².